The van der Waals surface area contributed by atoms with E-state index < -0.39 is 18.6 Å². The van der Waals surface area contributed by atoms with Crippen molar-refractivity contribution in [3.05, 3.63) is 77.1 Å². The second-order valence-electron chi connectivity index (χ2n) is 8.15. The van der Waals surface area contributed by atoms with Gasteiger partial charge < -0.3 is 15.5 Å². The molecular weight excluding hydrogens is 461 g/mol. The molecule has 0 spiro atoms. The average molecular weight is 482 g/mol. The first-order valence-electron chi connectivity index (χ1n) is 10.7. The molecule has 8 nitrogen and oxygen atoms in total. The second-order valence-corrected chi connectivity index (χ2v) is 8.15. The first-order valence-corrected chi connectivity index (χ1v) is 10.7. The molecule has 11 heteroatoms. The van der Waals surface area contributed by atoms with Crippen LogP contribution in [0, 0.1) is 11.3 Å². The van der Waals surface area contributed by atoms with Gasteiger partial charge in [-0.3, -0.25) is 14.3 Å². The number of aromatic nitrogens is 2. The largest absolute Gasteiger partial charge is 0.401 e. The summed E-state index contributed by atoms with van der Waals surface area (Å²) in [4.78, 5) is 27.7. The van der Waals surface area contributed by atoms with E-state index in [1.165, 1.54) is 16.9 Å². The third-order valence-corrected chi connectivity index (χ3v) is 5.51. The number of halogens is 3. The van der Waals surface area contributed by atoms with Gasteiger partial charge in [-0.2, -0.15) is 23.5 Å². The molecule has 0 saturated carbocycles. The van der Waals surface area contributed by atoms with Gasteiger partial charge in [-0.05, 0) is 42.8 Å². The van der Waals surface area contributed by atoms with E-state index >= 15 is 0 Å². The highest BCUT2D eigenvalue weighted by Gasteiger charge is 2.34. The number of rotatable bonds is 6. The number of benzene rings is 2. The summed E-state index contributed by atoms with van der Waals surface area (Å²) in [6.45, 7) is 1.19. The Labute approximate surface area is 199 Å². The average Bonchev–Trinajstić information content (AvgIpc) is 3.21. The summed E-state index contributed by atoms with van der Waals surface area (Å²) in [5.41, 5.74) is 2.28. The number of anilines is 2. The minimum absolute atomic E-state index is 0.0409. The molecule has 0 saturated heterocycles. The molecule has 2 aromatic carbocycles. The Morgan fingerprint density at radius 3 is 2.66 bits per heavy atom. The van der Waals surface area contributed by atoms with E-state index in [-0.39, 0.29) is 35.4 Å². The van der Waals surface area contributed by atoms with Crippen molar-refractivity contribution in [3.8, 4) is 6.07 Å². The number of hydrogen-bond acceptors (Lipinski definition) is 5. The summed E-state index contributed by atoms with van der Waals surface area (Å²) in [6, 6.07) is 14.6. The molecule has 0 fully saturated rings. The maximum Gasteiger partial charge on any atom is 0.401 e. The zero-order chi connectivity index (χ0) is 25.2. The van der Waals surface area contributed by atoms with Gasteiger partial charge in [-0.25, -0.2) is 0 Å². The summed E-state index contributed by atoms with van der Waals surface area (Å²) in [5.74, 6) is -0.850. The molecule has 1 atom stereocenters. The molecule has 2 N–H and O–H groups in total. The number of nitriles is 1. The van der Waals surface area contributed by atoms with E-state index in [0.29, 0.717) is 23.4 Å². The van der Waals surface area contributed by atoms with Gasteiger partial charge in [0.15, 0.2) is 0 Å². The van der Waals surface area contributed by atoms with Crippen molar-refractivity contribution in [1.82, 2.24) is 15.1 Å². The fourth-order valence-corrected chi connectivity index (χ4v) is 3.91. The van der Waals surface area contributed by atoms with Crippen LogP contribution in [0.1, 0.15) is 38.9 Å². The number of hydrogen-bond donors (Lipinski definition) is 2. The normalized spacial score (nSPS) is 15.5. The Bertz CT molecular complexity index is 1290. The predicted molar refractivity (Wildman–Crippen MR) is 122 cm³/mol. The zero-order valence-corrected chi connectivity index (χ0v) is 18.6. The van der Waals surface area contributed by atoms with E-state index in [1.807, 2.05) is 13.0 Å². The highest BCUT2D eigenvalue weighted by Crippen LogP contribution is 2.29. The molecule has 1 aliphatic heterocycles. The number of carbonyl (C=O) groups excluding carboxylic acids is 2. The third kappa shape index (κ3) is 5.33. The van der Waals surface area contributed by atoms with E-state index in [9.17, 15) is 22.8 Å². The van der Waals surface area contributed by atoms with Crippen LogP contribution in [-0.4, -0.2) is 40.4 Å². The fourth-order valence-electron chi connectivity index (χ4n) is 3.91. The minimum Gasteiger partial charge on any atom is -0.319 e. The summed E-state index contributed by atoms with van der Waals surface area (Å²) in [7, 11) is 0. The van der Waals surface area contributed by atoms with Crippen molar-refractivity contribution >= 4 is 23.2 Å². The molecule has 0 radical (unpaired) electrons. The van der Waals surface area contributed by atoms with Crippen LogP contribution in [0.4, 0.5) is 24.5 Å². The number of nitrogens with zero attached hydrogens (tertiary/aromatic N) is 4. The highest BCUT2D eigenvalue weighted by molar-refractivity contribution is 6.13. The number of alkyl halides is 3. The smallest absolute Gasteiger partial charge is 0.319 e. The van der Waals surface area contributed by atoms with Gasteiger partial charge in [0.1, 0.15) is 5.69 Å². The number of nitrogens with one attached hydrogen (secondary N) is 2. The quantitative estimate of drug-likeness (QED) is 0.558. The first-order chi connectivity index (χ1) is 16.7. The van der Waals surface area contributed by atoms with Crippen molar-refractivity contribution in [2.24, 2.45) is 0 Å². The van der Waals surface area contributed by atoms with E-state index in [4.69, 9.17) is 5.26 Å². The van der Waals surface area contributed by atoms with Crippen molar-refractivity contribution < 1.29 is 22.8 Å². The van der Waals surface area contributed by atoms with Crippen LogP contribution in [0.3, 0.4) is 0 Å². The Balaban J connectivity index is 1.52. The lowest BCUT2D eigenvalue weighted by Gasteiger charge is -2.34. The van der Waals surface area contributed by atoms with E-state index in [1.54, 1.807) is 47.4 Å². The van der Waals surface area contributed by atoms with Crippen molar-refractivity contribution in [3.63, 3.8) is 0 Å². The lowest BCUT2D eigenvalue weighted by atomic mass is 10.1. The van der Waals surface area contributed by atoms with E-state index in [0.717, 1.165) is 0 Å². The monoisotopic (exact) mass is 482 g/mol. The van der Waals surface area contributed by atoms with Gasteiger partial charge >= 0.3 is 6.18 Å². The first kappa shape index (κ1) is 24.0. The van der Waals surface area contributed by atoms with Crippen LogP contribution in [-0.2, 0) is 13.1 Å². The summed E-state index contributed by atoms with van der Waals surface area (Å²) < 4.78 is 38.5. The van der Waals surface area contributed by atoms with Crippen molar-refractivity contribution in [2.45, 2.75) is 32.2 Å². The third-order valence-electron chi connectivity index (χ3n) is 5.51. The molecule has 1 aliphatic rings. The van der Waals surface area contributed by atoms with Gasteiger partial charge in [-0.1, -0.05) is 18.2 Å². The molecule has 3 aromatic rings. The summed E-state index contributed by atoms with van der Waals surface area (Å²) >= 11 is 0. The molecule has 1 aromatic heterocycles. The molecule has 0 aliphatic carbocycles. The molecule has 0 unspecified atom stereocenters. The highest BCUT2D eigenvalue weighted by atomic mass is 19.4. The molecule has 0 bridgehead atoms. The molecule has 4 rings (SSSR count). The number of carbonyl (C=O) groups is 2. The van der Waals surface area contributed by atoms with Crippen LogP contribution < -0.4 is 15.5 Å². The van der Waals surface area contributed by atoms with Crippen molar-refractivity contribution in [1.29, 1.82) is 5.26 Å². The Morgan fingerprint density at radius 1 is 1.23 bits per heavy atom. The van der Waals surface area contributed by atoms with Gasteiger partial charge in [0.05, 0.1) is 42.6 Å². The molecule has 2 heterocycles. The minimum atomic E-state index is -4.29. The van der Waals surface area contributed by atoms with Crippen LogP contribution in [0.5, 0.6) is 0 Å². The topological polar surface area (TPSA) is 103 Å². The molecule has 35 heavy (non-hydrogen) atoms. The van der Waals surface area contributed by atoms with Gasteiger partial charge in [0.2, 0.25) is 0 Å². The number of fused-ring (bicyclic) bond motifs is 1. The molecule has 180 valence electrons. The Hall–Kier alpha value is -4.17. The van der Waals surface area contributed by atoms with Crippen molar-refractivity contribution in [2.75, 3.05) is 16.8 Å². The van der Waals surface area contributed by atoms with E-state index in [2.05, 4.69) is 15.7 Å². The SMILES string of the molecule is C[C@H]1Cn2ncc(NC(=O)c3cccc(C#N)c3)c2C(=O)N1c1ccc(CNCC(F)(F)F)cc1. The fraction of sp³-hybridized carbons (Fsp3) is 0.250. The molecule has 2 amide bonds. The van der Waals surface area contributed by atoms with Gasteiger partial charge in [0, 0.05) is 17.8 Å². The summed E-state index contributed by atoms with van der Waals surface area (Å²) in [5, 5.41) is 18.3. The molecular formula is C24H21F3N6O2. The number of amides is 2. The summed E-state index contributed by atoms with van der Waals surface area (Å²) in [6.07, 6.45) is -2.88. The maximum absolute atomic E-state index is 13.4. The van der Waals surface area contributed by atoms with Gasteiger partial charge in [-0.15, -0.1) is 0 Å². The zero-order valence-electron chi connectivity index (χ0n) is 18.6. The van der Waals surface area contributed by atoms with Crippen LogP contribution in [0.25, 0.3) is 0 Å². The lowest BCUT2D eigenvalue weighted by molar-refractivity contribution is -0.125. The van der Waals surface area contributed by atoms with Crippen LogP contribution >= 0.6 is 0 Å². The Morgan fingerprint density at radius 2 is 1.97 bits per heavy atom. The lowest BCUT2D eigenvalue weighted by Crippen LogP contribution is -2.47. The predicted octanol–water partition coefficient (Wildman–Crippen LogP) is 3.71. The maximum atomic E-state index is 13.4. The second kappa shape index (κ2) is 9.60. The standard InChI is InChI=1S/C24H21F3N6O2/c1-15-13-32-21(20(12-30-32)31-22(34)18-4-2-3-17(9-18)10-28)23(35)33(15)19-7-5-16(6-8-19)11-29-14-24(25,26)27/h2-9,12,15,29H,11,13-14H2,1H3,(H,31,34)/t15-/m0/s1. The van der Waals surface area contributed by atoms with Crippen LogP contribution in [0.15, 0.2) is 54.7 Å². The van der Waals surface area contributed by atoms with Crippen LogP contribution in [0.2, 0.25) is 0 Å². The Kier molecular flexibility index (Phi) is 6.57. The van der Waals surface area contributed by atoms with Gasteiger partial charge in [0.25, 0.3) is 11.8 Å².